The molecule has 1 atom stereocenters. The van der Waals surface area contributed by atoms with Gasteiger partial charge in [0.05, 0.1) is 0 Å². The molecule has 14 heavy (non-hydrogen) atoms. The first-order chi connectivity index (χ1) is 6.41. The third-order valence-electron chi connectivity index (χ3n) is 2.63. The summed E-state index contributed by atoms with van der Waals surface area (Å²) in [4.78, 5) is 2.10. The highest BCUT2D eigenvalue weighted by atomic mass is 32.2. The van der Waals surface area contributed by atoms with E-state index in [-0.39, 0.29) is 6.04 Å². The second-order valence-corrected chi connectivity index (χ2v) is 6.23. The Labute approximate surface area is 87.4 Å². The Morgan fingerprint density at radius 3 is 2.86 bits per heavy atom. The molecule has 0 aliphatic carbocycles. The first-order valence-electron chi connectivity index (χ1n) is 4.24. The first-order valence-corrected chi connectivity index (χ1v) is 6.67. The van der Waals surface area contributed by atoms with Crippen LogP contribution >= 0.6 is 11.3 Å². The Morgan fingerprint density at radius 2 is 2.29 bits per heavy atom. The molecular formula is C8H12N2O2S2. The lowest BCUT2D eigenvalue weighted by Crippen LogP contribution is -2.17. The van der Waals surface area contributed by atoms with Crippen LogP contribution in [0.4, 0.5) is 0 Å². The van der Waals surface area contributed by atoms with Gasteiger partial charge < -0.3 is 0 Å². The van der Waals surface area contributed by atoms with E-state index in [9.17, 15) is 8.42 Å². The summed E-state index contributed by atoms with van der Waals surface area (Å²) in [5.74, 6) is 0. The lowest BCUT2D eigenvalue weighted by atomic mass is 10.1. The van der Waals surface area contributed by atoms with E-state index in [1.165, 1.54) is 11.3 Å². The van der Waals surface area contributed by atoms with E-state index in [2.05, 4.69) is 4.90 Å². The van der Waals surface area contributed by atoms with Crippen molar-refractivity contribution in [2.45, 2.75) is 23.7 Å². The topological polar surface area (TPSA) is 63.4 Å². The fourth-order valence-corrected chi connectivity index (χ4v) is 3.96. The molecule has 1 aliphatic heterocycles. The summed E-state index contributed by atoms with van der Waals surface area (Å²) >= 11 is 1.23. The number of nitrogens with zero attached hydrogens (tertiary/aromatic N) is 1. The van der Waals surface area contributed by atoms with E-state index in [1.54, 1.807) is 0 Å². The van der Waals surface area contributed by atoms with Gasteiger partial charge in [-0.05, 0) is 24.9 Å². The Kier molecular flexibility index (Phi) is 2.19. The second kappa shape index (κ2) is 3.03. The van der Waals surface area contributed by atoms with E-state index in [0.29, 0.717) is 4.21 Å². The fraction of sp³-hybridized carbons (Fsp3) is 0.500. The Hall–Kier alpha value is -0.430. The summed E-state index contributed by atoms with van der Waals surface area (Å²) < 4.78 is 22.9. The molecule has 0 bridgehead atoms. The molecule has 1 aromatic rings. The number of rotatable bonds is 1. The Balaban J connectivity index is 2.60. The molecule has 1 unspecified atom stereocenters. The van der Waals surface area contributed by atoms with Crippen LogP contribution in [0.5, 0.6) is 0 Å². The zero-order valence-electron chi connectivity index (χ0n) is 8.02. The zero-order chi connectivity index (χ0) is 10.5. The van der Waals surface area contributed by atoms with Crippen LogP contribution in [0.15, 0.2) is 9.59 Å². The molecule has 2 heterocycles. The first kappa shape index (κ1) is 10.1. The van der Waals surface area contributed by atoms with Crippen LogP contribution < -0.4 is 5.14 Å². The standard InChI is InChI=1S/C8H12N2O2S2/c1-5-7-6(3-10(5)2)4-13-8(7)14(9,11)12/h4-5H,3H2,1-2H3,(H2,9,11,12). The quantitative estimate of drug-likeness (QED) is 0.782. The average molecular weight is 232 g/mol. The van der Waals surface area contributed by atoms with E-state index in [4.69, 9.17) is 5.14 Å². The Bertz CT molecular complexity index is 464. The summed E-state index contributed by atoms with van der Waals surface area (Å²) in [5, 5.41) is 7.03. The van der Waals surface area contributed by atoms with Crippen molar-refractivity contribution in [1.82, 2.24) is 4.90 Å². The number of sulfonamides is 1. The molecule has 78 valence electrons. The van der Waals surface area contributed by atoms with Crippen molar-refractivity contribution >= 4 is 21.4 Å². The number of thiophene rings is 1. The van der Waals surface area contributed by atoms with E-state index in [1.807, 2.05) is 19.4 Å². The molecule has 0 amide bonds. The predicted octanol–water partition coefficient (Wildman–Crippen LogP) is 0.902. The summed E-state index contributed by atoms with van der Waals surface area (Å²) in [5.41, 5.74) is 1.98. The molecule has 6 heteroatoms. The summed E-state index contributed by atoms with van der Waals surface area (Å²) in [6.45, 7) is 2.80. The van der Waals surface area contributed by atoms with Crippen molar-refractivity contribution in [2.75, 3.05) is 7.05 Å². The van der Waals surface area contributed by atoms with Gasteiger partial charge in [0, 0.05) is 18.2 Å². The van der Waals surface area contributed by atoms with Crippen LogP contribution in [-0.4, -0.2) is 20.4 Å². The predicted molar refractivity (Wildman–Crippen MR) is 55.6 cm³/mol. The van der Waals surface area contributed by atoms with E-state index in [0.717, 1.165) is 17.7 Å². The highest BCUT2D eigenvalue weighted by Crippen LogP contribution is 2.39. The third-order valence-corrected chi connectivity index (χ3v) is 5.19. The summed E-state index contributed by atoms with van der Waals surface area (Å²) in [6, 6.07) is 0.143. The van der Waals surface area contributed by atoms with Gasteiger partial charge in [0.1, 0.15) is 4.21 Å². The lowest BCUT2D eigenvalue weighted by molar-refractivity contribution is 0.284. The fourth-order valence-electron chi connectivity index (χ4n) is 1.79. The molecule has 1 aliphatic rings. The van der Waals surface area contributed by atoms with Crippen LogP contribution in [0.1, 0.15) is 24.1 Å². The van der Waals surface area contributed by atoms with Gasteiger partial charge in [-0.2, -0.15) is 0 Å². The number of fused-ring (bicyclic) bond motifs is 1. The van der Waals surface area contributed by atoms with Gasteiger partial charge in [-0.25, -0.2) is 13.6 Å². The number of nitrogens with two attached hydrogens (primary N) is 1. The van der Waals surface area contributed by atoms with Crippen LogP contribution in [-0.2, 0) is 16.6 Å². The van der Waals surface area contributed by atoms with E-state index >= 15 is 0 Å². The molecule has 2 N–H and O–H groups in total. The van der Waals surface area contributed by atoms with Crippen LogP contribution in [0.3, 0.4) is 0 Å². The molecule has 4 nitrogen and oxygen atoms in total. The van der Waals surface area contributed by atoms with Gasteiger partial charge >= 0.3 is 0 Å². The molecule has 1 aromatic heterocycles. The van der Waals surface area contributed by atoms with Gasteiger partial charge in [-0.1, -0.05) is 0 Å². The van der Waals surface area contributed by atoms with Crippen molar-refractivity contribution in [1.29, 1.82) is 0 Å². The maximum atomic E-state index is 11.3. The zero-order valence-corrected chi connectivity index (χ0v) is 9.65. The van der Waals surface area contributed by atoms with Crippen LogP contribution in [0.25, 0.3) is 0 Å². The molecule has 0 spiro atoms. The van der Waals surface area contributed by atoms with Crippen molar-refractivity contribution in [2.24, 2.45) is 5.14 Å². The average Bonchev–Trinajstić information content (AvgIpc) is 2.54. The largest absolute Gasteiger partial charge is 0.295 e. The monoisotopic (exact) mass is 232 g/mol. The van der Waals surface area contributed by atoms with Crippen molar-refractivity contribution in [3.63, 3.8) is 0 Å². The molecular weight excluding hydrogens is 220 g/mol. The molecule has 0 radical (unpaired) electrons. The lowest BCUT2D eigenvalue weighted by Gasteiger charge is -2.15. The highest BCUT2D eigenvalue weighted by Gasteiger charge is 2.31. The smallest absolute Gasteiger partial charge is 0.247 e. The van der Waals surface area contributed by atoms with Crippen molar-refractivity contribution in [3.8, 4) is 0 Å². The minimum Gasteiger partial charge on any atom is -0.295 e. The maximum Gasteiger partial charge on any atom is 0.247 e. The van der Waals surface area contributed by atoms with Gasteiger partial charge in [0.25, 0.3) is 0 Å². The second-order valence-electron chi connectivity index (χ2n) is 3.60. The Morgan fingerprint density at radius 1 is 1.64 bits per heavy atom. The van der Waals surface area contributed by atoms with Gasteiger partial charge in [-0.3, -0.25) is 4.90 Å². The number of hydrogen-bond acceptors (Lipinski definition) is 4. The van der Waals surface area contributed by atoms with Crippen molar-refractivity contribution in [3.05, 3.63) is 16.5 Å². The third kappa shape index (κ3) is 1.38. The summed E-state index contributed by atoms with van der Waals surface area (Å²) in [6.07, 6.45) is 0. The molecule has 0 saturated heterocycles. The normalized spacial score (nSPS) is 22.6. The number of primary sulfonamides is 1. The number of hydrogen-bond donors (Lipinski definition) is 1. The van der Waals surface area contributed by atoms with Crippen molar-refractivity contribution < 1.29 is 8.42 Å². The van der Waals surface area contributed by atoms with Gasteiger partial charge in [-0.15, -0.1) is 11.3 Å². The minimum absolute atomic E-state index is 0.143. The molecule has 0 aromatic carbocycles. The highest BCUT2D eigenvalue weighted by molar-refractivity contribution is 7.91. The summed E-state index contributed by atoms with van der Waals surface area (Å²) in [7, 11) is -1.57. The molecule has 0 fully saturated rings. The van der Waals surface area contributed by atoms with Crippen LogP contribution in [0.2, 0.25) is 0 Å². The minimum atomic E-state index is -3.55. The van der Waals surface area contributed by atoms with Crippen LogP contribution in [0, 0.1) is 0 Å². The maximum absolute atomic E-state index is 11.3. The molecule has 2 rings (SSSR count). The van der Waals surface area contributed by atoms with Gasteiger partial charge in [0.15, 0.2) is 0 Å². The van der Waals surface area contributed by atoms with E-state index < -0.39 is 10.0 Å². The molecule has 0 saturated carbocycles. The van der Waals surface area contributed by atoms with Gasteiger partial charge in [0.2, 0.25) is 10.0 Å². The SMILES string of the molecule is CC1c2c(csc2S(N)(=O)=O)CN1C.